The molecule has 0 spiro atoms. The van der Waals surface area contributed by atoms with Gasteiger partial charge in [-0.25, -0.2) is 0 Å². The van der Waals surface area contributed by atoms with E-state index in [0.717, 1.165) is 43.2 Å². The first-order chi connectivity index (χ1) is 9.24. The lowest BCUT2D eigenvalue weighted by molar-refractivity contribution is 0.158. The quantitative estimate of drug-likeness (QED) is 0.873. The molecule has 1 aromatic rings. The highest BCUT2D eigenvalue weighted by molar-refractivity contribution is 5.38. The largest absolute Gasteiger partial charge is 0.508 e. The summed E-state index contributed by atoms with van der Waals surface area (Å²) in [5.74, 6) is 1.35. The smallest absolute Gasteiger partial charge is 0.120 e. The van der Waals surface area contributed by atoms with E-state index in [-0.39, 0.29) is 0 Å². The van der Waals surface area contributed by atoms with Gasteiger partial charge in [0, 0.05) is 37.8 Å². The molecule has 1 aliphatic carbocycles. The van der Waals surface area contributed by atoms with Crippen molar-refractivity contribution in [3.8, 4) is 5.75 Å². The fourth-order valence-electron chi connectivity index (χ4n) is 3.07. The number of benzene rings is 1. The van der Waals surface area contributed by atoms with Crippen LogP contribution in [0.2, 0.25) is 0 Å². The summed E-state index contributed by atoms with van der Waals surface area (Å²) in [7, 11) is 0. The average molecular weight is 260 g/mol. The van der Waals surface area contributed by atoms with Crippen LogP contribution in [0.25, 0.3) is 0 Å². The Labute approximate surface area is 115 Å². The molecule has 0 amide bonds. The zero-order valence-corrected chi connectivity index (χ0v) is 11.7. The second kappa shape index (κ2) is 5.51. The third kappa shape index (κ3) is 3.10. The second-order valence-electron chi connectivity index (χ2n) is 6.04. The topological polar surface area (TPSA) is 35.5 Å². The summed E-state index contributed by atoms with van der Waals surface area (Å²) in [5.41, 5.74) is 2.26. The van der Waals surface area contributed by atoms with Crippen LogP contribution < -0.4 is 5.32 Å². The van der Waals surface area contributed by atoms with E-state index >= 15 is 0 Å². The maximum Gasteiger partial charge on any atom is 0.120 e. The van der Waals surface area contributed by atoms with Crippen molar-refractivity contribution >= 4 is 0 Å². The van der Waals surface area contributed by atoms with E-state index in [2.05, 4.69) is 22.3 Å². The Kier molecular flexibility index (Phi) is 3.76. The predicted molar refractivity (Wildman–Crippen MR) is 77.4 cm³/mol. The van der Waals surface area contributed by atoms with Crippen molar-refractivity contribution in [2.75, 3.05) is 26.2 Å². The van der Waals surface area contributed by atoms with Gasteiger partial charge in [-0.1, -0.05) is 25.0 Å². The molecular formula is C16H24N2O. The molecule has 0 radical (unpaired) electrons. The first kappa shape index (κ1) is 12.9. The van der Waals surface area contributed by atoms with Gasteiger partial charge in [-0.05, 0) is 30.9 Å². The normalized spacial score (nSPS) is 22.4. The lowest BCUT2D eigenvalue weighted by Gasteiger charge is -2.35. The van der Waals surface area contributed by atoms with Gasteiger partial charge in [0.15, 0.2) is 0 Å². The van der Waals surface area contributed by atoms with E-state index < -0.39 is 0 Å². The van der Waals surface area contributed by atoms with E-state index in [1.54, 1.807) is 0 Å². The molecule has 2 N–H and O–H groups in total. The first-order valence-electron chi connectivity index (χ1n) is 7.48. The maximum absolute atomic E-state index is 10.3. The molecular weight excluding hydrogens is 236 g/mol. The summed E-state index contributed by atoms with van der Waals surface area (Å²) in [4.78, 5) is 2.54. The lowest BCUT2D eigenvalue weighted by atomic mass is 9.96. The number of aromatic hydroxyl groups is 1. The minimum atomic E-state index is 0.398. The van der Waals surface area contributed by atoms with Crippen molar-refractivity contribution in [1.82, 2.24) is 10.2 Å². The lowest BCUT2D eigenvalue weighted by Crippen LogP contribution is -2.45. The van der Waals surface area contributed by atoms with Crippen LogP contribution in [0.4, 0.5) is 0 Å². The van der Waals surface area contributed by atoms with Crippen LogP contribution in [0.1, 0.15) is 36.4 Å². The fourth-order valence-corrected chi connectivity index (χ4v) is 3.07. The van der Waals surface area contributed by atoms with E-state index in [1.807, 2.05) is 13.0 Å². The number of rotatable bonds is 4. The molecule has 2 fully saturated rings. The number of nitrogens with one attached hydrogen (secondary N) is 1. The number of phenolic OH excluding ortho intramolecular Hbond substituents is 1. The SMILES string of the molecule is Cc1ccc([C@@H](CC2CC2)N2CCNCC2)c(O)c1. The highest BCUT2D eigenvalue weighted by atomic mass is 16.3. The minimum Gasteiger partial charge on any atom is -0.508 e. The van der Waals surface area contributed by atoms with Crippen molar-refractivity contribution in [2.45, 2.75) is 32.2 Å². The van der Waals surface area contributed by atoms with Gasteiger partial charge in [0.05, 0.1) is 0 Å². The zero-order valence-electron chi connectivity index (χ0n) is 11.7. The van der Waals surface area contributed by atoms with Crippen molar-refractivity contribution in [3.63, 3.8) is 0 Å². The summed E-state index contributed by atoms with van der Waals surface area (Å²) >= 11 is 0. The van der Waals surface area contributed by atoms with Gasteiger partial charge in [0.1, 0.15) is 5.75 Å². The molecule has 19 heavy (non-hydrogen) atoms. The number of piperazine rings is 1. The number of phenols is 1. The summed E-state index contributed by atoms with van der Waals surface area (Å²) in [6.45, 7) is 6.33. The maximum atomic E-state index is 10.3. The molecule has 0 bridgehead atoms. The highest BCUT2D eigenvalue weighted by Gasteiger charge is 2.31. The monoisotopic (exact) mass is 260 g/mol. The third-order valence-electron chi connectivity index (χ3n) is 4.39. The molecule has 1 saturated carbocycles. The Bertz CT molecular complexity index is 436. The van der Waals surface area contributed by atoms with Gasteiger partial charge < -0.3 is 10.4 Å². The summed E-state index contributed by atoms with van der Waals surface area (Å²) < 4.78 is 0. The Hall–Kier alpha value is -1.06. The molecule has 1 atom stereocenters. The van der Waals surface area contributed by atoms with E-state index in [1.165, 1.54) is 19.3 Å². The fraction of sp³-hybridized carbons (Fsp3) is 0.625. The van der Waals surface area contributed by atoms with Gasteiger partial charge in [-0.15, -0.1) is 0 Å². The van der Waals surface area contributed by atoms with Gasteiger partial charge >= 0.3 is 0 Å². The van der Waals surface area contributed by atoms with Gasteiger partial charge in [0.25, 0.3) is 0 Å². The molecule has 104 valence electrons. The summed E-state index contributed by atoms with van der Waals surface area (Å²) in [6, 6.07) is 6.55. The van der Waals surface area contributed by atoms with Crippen LogP contribution in [0.5, 0.6) is 5.75 Å². The number of hydrogen-bond donors (Lipinski definition) is 2. The Morgan fingerprint density at radius 2 is 2.05 bits per heavy atom. The molecule has 1 saturated heterocycles. The highest BCUT2D eigenvalue weighted by Crippen LogP contribution is 2.42. The Morgan fingerprint density at radius 1 is 1.32 bits per heavy atom. The van der Waals surface area contributed by atoms with E-state index in [4.69, 9.17) is 0 Å². The zero-order chi connectivity index (χ0) is 13.2. The summed E-state index contributed by atoms with van der Waals surface area (Å²) in [5, 5.41) is 13.7. The van der Waals surface area contributed by atoms with Gasteiger partial charge in [0.2, 0.25) is 0 Å². The average Bonchev–Trinajstić information content (AvgIpc) is 3.22. The van der Waals surface area contributed by atoms with Crippen LogP contribution in [0, 0.1) is 12.8 Å². The van der Waals surface area contributed by atoms with Crippen LogP contribution in [-0.4, -0.2) is 36.2 Å². The summed E-state index contributed by atoms with van der Waals surface area (Å²) in [6.07, 6.45) is 3.95. The number of nitrogens with zero attached hydrogens (tertiary/aromatic N) is 1. The molecule has 1 aromatic carbocycles. The Morgan fingerprint density at radius 3 is 2.68 bits per heavy atom. The van der Waals surface area contributed by atoms with Gasteiger partial charge in [-0.3, -0.25) is 4.90 Å². The number of hydrogen-bond acceptors (Lipinski definition) is 3. The molecule has 3 nitrogen and oxygen atoms in total. The second-order valence-corrected chi connectivity index (χ2v) is 6.04. The predicted octanol–water partition coefficient (Wildman–Crippen LogP) is 2.45. The number of aryl methyl sites for hydroxylation is 1. The molecule has 2 aliphatic rings. The van der Waals surface area contributed by atoms with E-state index in [0.29, 0.717) is 11.8 Å². The van der Waals surface area contributed by atoms with Crippen LogP contribution in [-0.2, 0) is 0 Å². The molecule has 1 aliphatic heterocycles. The van der Waals surface area contributed by atoms with E-state index in [9.17, 15) is 5.11 Å². The Balaban J connectivity index is 1.83. The standard InChI is InChI=1S/C16H24N2O/c1-12-2-5-14(16(19)10-12)15(11-13-3-4-13)18-8-6-17-7-9-18/h2,5,10,13,15,17,19H,3-4,6-9,11H2,1H3/t15-/m1/s1. The molecule has 1 heterocycles. The molecule has 3 rings (SSSR count). The molecule has 0 aromatic heterocycles. The van der Waals surface area contributed by atoms with Crippen molar-refractivity contribution in [3.05, 3.63) is 29.3 Å². The molecule has 3 heteroatoms. The van der Waals surface area contributed by atoms with Crippen molar-refractivity contribution in [2.24, 2.45) is 5.92 Å². The molecule has 0 unspecified atom stereocenters. The first-order valence-corrected chi connectivity index (χ1v) is 7.48. The van der Waals surface area contributed by atoms with Gasteiger partial charge in [-0.2, -0.15) is 0 Å². The van der Waals surface area contributed by atoms with Crippen LogP contribution >= 0.6 is 0 Å². The van der Waals surface area contributed by atoms with Crippen molar-refractivity contribution in [1.29, 1.82) is 0 Å². The third-order valence-corrected chi connectivity index (χ3v) is 4.39. The van der Waals surface area contributed by atoms with Crippen molar-refractivity contribution < 1.29 is 5.11 Å². The van der Waals surface area contributed by atoms with Crippen LogP contribution in [0.15, 0.2) is 18.2 Å². The minimum absolute atomic E-state index is 0.398. The van der Waals surface area contributed by atoms with Crippen LogP contribution in [0.3, 0.4) is 0 Å².